The summed E-state index contributed by atoms with van der Waals surface area (Å²) in [6, 6.07) is -0.430. The van der Waals surface area contributed by atoms with Gasteiger partial charge in [0, 0.05) is 35.2 Å². The molecule has 152 valence electrons. The predicted octanol–water partition coefficient (Wildman–Crippen LogP) is 3.97. The normalized spacial score (nSPS) is 19.1. The average molecular weight is 423 g/mol. The van der Waals surface area contributed by atoms with Crippen molar-refractivity contribution in [2.24, 2.45) is 11.8 Å². The summed E-state index contributed by atoms with van der Waals surface area (Å²) >= 11 is 2.91. The number of nitrogens with zero attached hydrogens (tertiary/aromatic N) is 2. The van der Waals surface area contributed by atoms with Gasteiger partial charge in [-0.15, -0.1) is 22.7 Å². The zero-order valence-electron chi connectivity index (χ0n) is 16.1. The van der Waals surface area contributed by atoms with E-state index in [2.05, 4.69) is 31.2 Å². The molecule has 0 aliphatic heterocycles. The predicted molar refractivity (Wildman–Crippen MR) is 113 cm³/mol. The molecular formula is C18H26N6O2S2. The molecule has 1 aliphatic carbocycles. The first-order chi connectivity index (χ1) is 13.5. The number of nitrogens with one attached hydrogen (secondary N) is 4. The summed E-state index contributed by atoms with van der Waals surface area (Å²) in [6.07, 6.45) is 7.78. The Balaban J connectivity index is 1.35. The first kappa shape index (κ1) is 20.5. The highest BCUT2D eigenvalue weighted by Gasteiger charge is 2.23. The summed E-state index contributed by atoms with van der Waals surface area (Å²) in [5.74, 6) is 0.850. The largest absolute Gasteiger partial charge is 0.338 e. The lowest BCUT2D eigenvalue weighted by molar-refractivity contribution is 0.230. The third-order valence-electron chi connectivity index (χ3n) is 4.68. The SMILES string of the molecule is Cc1cnc(NC(=O)NC[C@H]2CCC[C@H](CNC(=O)Nc3ncc(C)s3)C2)s1. The van der Waals surface area contributed by atoms with Crippen molar-refractivity contribution in [2.45, 2.75) is 39.5 Å². The number of aryl methyl sites for hydroxylation is 2. The second kappa shape index (κ2) is 9.83. The molecule has 0 radical (unpaired) electrons. The number of thiazole rings is 2. The second-order valence-electron chi connectivity index (χ2n) is 7.12. The summed E-state index contributed by atoms with van der Waals surface area (Å²) in [6.45, 7) is 5.18. The van der Waals surface area contributed by atoms with Gasteiger partial charge < -0.3 is 10.6 Å². The smallest absolute Gasteiger partial charge is 0.321 e. The molecule has 0 saturated heterocycles. The number of aromatic nitrogens is 2. The molecule has 1 fully saturated rings. The molecule has 4 N–H and O–H groups in total. The molecule has 0 aromatic carbocycles. The average Bonchev–Trinajstić information content (AvgIpc) is 3.26. The number of carbonyl (C=O) groups excluding carboxylic acids is 2. The Morgan fingerprint density at radius 3 is 1.79 bits per heavy atom. The molecule has 0 unspecified atom stereocenters. The van der Waals surface area contributed by atoms with Crippen LogP contribution in [0.25, 0.3) is 0 Å². The summed E-state index contributed by atoms with van der Waals surface area (Å²) in [5, 5.41) is 12.6. The Kier molecular flexibility index (Phi) is 7.21. The molecule has 1 saturated carbocycles. The van der Waals surface area contributed by atoms with Gasteiger partial charge in [0.15, 0.2) is 10.3 Å². The number of amides is 4. The third-order valence-corrected chi connectivity index (χ3v) is 6.33. The quantitative estimate of drug-likeness (QED) is 0.565. The van der Waals surface area contributed by atoms with Gasteiger partial charge in [0.05, 0.1) is 0 Å². The van der Waals surface area contributed by atoms with E-state index in [0.717, 1.165) is 35.4 Å². The fourth-order valence-electron chi connectivity index (χ4n) is 3.35. The minimum Gasteiger partial charge on any atom is -0.338 e. The Bertz CT molecular complexity index is 741. The highest BCUT2D eigenvalue weighted by atomic mass is 32.1. The molecule has 0 spiro atoms. The first-order valence-electron chi connectivity index (χ1n) is 9.42. The summed E-state index contributed by atoms with van der Waals surface area (Å²) in [7, 11) is 0. The number of rotatable bonds is 6. The molecule has 2 aromatic rings. The zero-order chi connectivity index (χ0) is 19.9. The first-order valence-corrected chi connectivity index (χ1v) is 11.1. The van der Waals surface area contributed by atoms with Crippen LogP contribution < -0.4 is 21.3 Å². The molecule has 1 aliphatic rings. The monoisotopic (exact) mass is 422 g/mol. The van der Waals surface area contributed by atoms with Gasteiger partial charge in [-0.2, -0.15) is 0 Å². The van der Waals surface area contributed by atoms with E-state index in [1.54, 1.807) is 12.4 Å². The number of hydrogen-bond acceptors (Lipinski definition) is 6. The van der Waals surface area contributed by atoms with Crippen LogP contribution in [0.1, 0.15) is 35.4 Å². The fourth-order valence-corrected chi connectivity index (χ4v) is 4.67. The van der Waals surface area contributed by atoms with Crippen LogP contribution >= 0.6 is 22.7 Å². The highest BCUT2D eigenvalue weighted by molar-refractivity contribution is 7.15. The number of carbonyl (C=O) groups is 2. The standard InChI is InChI=1S/C18H26N6O2S2/c1-11-7-21-17(27-11)23-15(25)19-9-13-4-3-5-14(6-13)10-20-16(26)24-18-22-8-12(2)28-18/h7-8,13-14H,3-6,9-10H2,1-2H3,(H2,19,21,23,25)(H2,20,22,24,26)/t13-,14-/m0/s1. The van der Waals surface area contributed by atoms with Gasteiger partial charge in [-0.3, -0.25) is 10.6 Å². The molecular weight excluding hydrogens is 396 g/mol. The minimum absolute atomic E-state index is 0.215. The Morgan fingerprint density at radius 2 is 1.39 bits per heavy atom. The Labute approximate surface area is 172 Å². The van der Waals surface area contributed by atoms with Crippen LogP contribution in [0.3, 0.4) is 0 Å². The van der Waals surface area contributed by atoms with Gasteiger partial charge in [0.2, 0.25) is 0 Å². The maximum atomic E-state index is 12.0. The van der Waals surface area contributed by atoms with Gasteiger partial charge >= 0.3 is 12.1 Å². The number of urea groups is 2. The molecule has 4 amide bonds. The molecule has 2 heterocycles. The van der Waals surface area contributed by atoms with Crippen molar-refractivity contribution >= 4 is 45.0 Å². The van der Waals surface area contributed by atoms with E-state index in [1.807, 2.05) is 13.8 Å². The highest BCUT2D eigenvalue weighted by Crippen LogP contribution is 2.28. The summed E-state index contributed by atoms with van der Waals surface area (Å²) in [4.78, 5) is 34.4. The Hall–Kier alpha value is -2.20. The van der Waals surface area contributed by atoms with Crippen molar-refractivity contribution < 1.29 is 9.59 Å². The van der Waals surface area contributed by atoms with Gasteiger partial charge in [-0.05, 0) is 44.9 Å². The lowest BCUT2D eigenvalue weighted by atomic mass is 9.81. The zero-order valence-corrected chi connectivity index (χ0v) is 17.7. The van der Waals surface area contributed by atoms with E-state index in [4.69, 9.17) is 0 Å². The van der Waals surface area contributed by atoms with Gasteiger partial charge in [0.1, 0.15) is 0 Å². The molecule has 0 bridgehead atoms. The molecule has 10 heteroatoms. The molecule has 2 aromatic heterocycles. The Morgan fingerprint density at radius 1 is 0.929 bits per heavy atom. The van der Waals surface area contributed by atoms with Crippen molar-refractivity contribution in [1.29, 1.82) is 0 Å². The van der Waals surface area contributed by atoms with E-state index in [1.165, 1.54) is 22.7 Å². The minimum atomic E-state index is -0.215. The van der Waals surface area contributed by atoms with Crippen LogP contribution in [0.5, 0.6) is 0 Å². The van der Waals surface area contributed by atoms with Crippen molar-refractivity contribution in [3.63, 3.8) is 0 Å². The van der Waals surface area contributed by atoms with Gasteiger partial charge in [0.25, 0.3) is 0 Å². The maximum Gasteiger partial charge on any atom is 0.321 e. The number of anilines is 2. The molecule has 28 heavy (non-hydrogen) atoms. The van der Waals surface area contributed by atoms with E-state index in [0.29, 0.717) is 35.2 Å². The van der Waals surface area contributed by atoms with Crippen LogP contribution in [0, 0.1) is 25.7 Å². The topological polar surface area (TPSA) is 108 Å². The van der Waals surface area contributed by atoms with Gasteiger partial charge in [-0.1, -0.05) is 6.42 Å². The van der Waals surface area contributed by atoms with Crippen LogP contribution in [-0.2, 0) is 0 Å². The maximum absolute atomic E-state index is 12.0. The van der Waals surface area contributed by atoms with E-state index < -0.39 is 0 Å². The van der Waals surface area contributed by atoms with Crippen LogP contribution in [-0.4, -0.2) is 35.1 Å². The lowest BCUT2D eigenvalue weighted by Gasteiger charge is -2.29. The molecule has 8 nitrogen and oxygen atoms in total. The van der Waals surface area contributed by atoms with E-state index in [-0.39, 0.29) is 12.1 Å². The van der Waals surface area contributed by atoms with E-state index >= 15 is 0 Å². The second-order valence-corrected chi connectivity index (χ2v) is 9.59. The fraction of sp³-hybridized carbons (Fsp3) is 0.556. The molecule has 2 atom stereocenters. The molecule has 3 rings (SSSR count). The van der Waals surface area contributed by atoms with Crippen molar-refractivity contribution in [2.75, 3.05) is 23.7 Å². The van der Waals surface area contributed by atoms with Crippen molar-refractivity contribution in [3.05, 3.63) is 22.1 Å². The van der Waals surface area contributed by atoms with E-state index in [9.17, 15) is 9.59 Å². The summed E-state index contributed by atoms with van der Waals surface area (Å²) < 4.78 is 0. The van der Waals surface area contributed by atoms with Gasteiger partial charge in [-0.25, -0.2) is 19.6 Å². The number of hydrogen-bond donors (Lipinski definition) is 4. The van der Waals surface area contributed by atoms with Crippen molar-refractivity contribution in [1.82, 2.24) is 20.6 Å². The van der Waals surface area contributed by atoms with Crippen LogP contribution in [0.15, 0.2) is 12.4 Å². The van der Waals surface area contributed by atoms with Crippen LogP contribution in [0.4, 0.5) is 19.9 Å². The van der Waals surface area contributed by atoms with Crippen molar-refractivity contribution in [3.8, 4) is 0 Å². The lowest BCUT2D eigenvalue weighted by Crippen LogP contribution is -2.38. The third kappa shape index (κ3) is 6.45. The van der Waals surface area contributed by atoms with Crippen LogP contribution in [0.2, 0.25) is 0 Å². The summed E-state index contributed by atoms with van der Waals surface area (Å²) in [5.41, 5.74) is 0.